The lowest BCUT2D eigenvalue weighted by atomic mass is 10.2. The lowest BCUT2D eigenvalue weighted by Gasteiger charge is -2.23. The molecule has 6 nitrogen and oxygen atoms in total. The summed E-state index contributed by atoms with van der Waals surface area (Å²) < 4.78 is 11.0. The van der Waals surface area contributed by atoms with Crippen LogP contribution in [0.4, 0.5) is 5.13 Å². The van der Waals surface area contributed by atoms with Crippen molar-refractivity contribution in [3.05, 3.63) is 10.6 Å². The van der Waals surface area contributed by atoms with E-state index in [0.717, 1.165) is 56.3 Å². The number of fused-ring (bicyclic) bond motifs is 1. The molecule has 0 bridgehead atoms. The average molecular weight is 339 g/mol. The number of likely N-dealkylation sites (N-methyl/N-ethyl adjacent to an activating group) is 1. The molecule has 1 atom stereocenters. The normalized spacial score (nSPS) is 21.3. The van der Waals surface area contributed by atoms with Crippen molar-refractivity contribution in [1.82, 2.24) is 9.88 Å². The molecular weight excluding hydrogens is 314 g/mol. The molecule has 23 heavy (non-hydrogen) atoms. The Morgan fingerprint density at radius 1 is 1.57 bits per heavy atom. The molecule has 0 saturated carbocycles. The first-order valence-electron chi connectivity index (χ1n) is 8.44. The highest BCUT2D eigenvalue weighted by Crippen LogP contribution is 2.28. The molecule has 1 saturated heterocycles. The van der Waals surface area contributed by atoms with E-state index in [1.807, 2.05) is 0 Å². The second-order valence-corrected chi connectivity index (χ2v) is 7.10. The second-order valence-electron chi connectivity index (χ2n) is 6.02. The van der Waals surface area contributed by atoms with Crippen LogP contribution in [-0.4, -0.2) is 54.8 Å². The Bertz CT molecular complexity index is 529. The van der Waals surface area contributed by atoms with Gasteiger partial charge in [-0.05, 0) is 19.4 Å². The van der Waals surface area contributed by atoms with E-state index in [-0.39, 0.29) is 12.0 Å². The molecule has 3 rings (SSSR count). The summed E-state index contributed by atoms with van der Waals surface area (Å²) in [6.07, 6.45) is 3.72. The molecule has 3 heterocycles. The SMILES string of the molecule is CCN1CCc2nc(NC(=O)CCOCC3CCCO3)sc2C1. The highest BCUT2D eigenvalue weighted by Gasteiger charge is 2.20. The lowest BCUT2D eigenvalue weighted by molar-refractivity contribution is -0.117. The number of rotatable bonds is 7. The molecule has 0 spiro atoms. The minimum Gasteiger partial charge on any atom is -0.378 e. The summed E-state index contributed by atoms with van der Waals surface area (Å²) in [7, 11) is 0. The quantitative estimate of drug-likeness (QED) is 0.770. The smallest absolute Gasteiger partial charge is 0.228 e. The van der Waals surface area contributed by atoms with Gasteiger partial charge in [0.15, 0.2) is 5.13 Å². The molecule has 2 aliphatic heterocycles. The van der Waals surface area contributed by atoms with Gasteiger partial charge in [0, 0.05) is 31.0 Å². The van der Waals surface area contributed by atoms with Gasteiger partial charge in [0.1, 0.15) is 0 Å². The zero-order chi connectivity index (χ0) is 16.1. The van der Waals surface area contributed by atoms with E-state index in [0.29, 0.717) is 19.6 Å². The molecule has 1 fully saturated rings. The average Bonchev–Trinajstić information content (AvgIpc) is 3.19. The maximum atomic E-state index is 12.0. The number of hydrogen-bond donors (Lipinski definition) is 1. The summed E-state index contributed by atoms with van der Waals surface area (Å²) in [6, 6.07) is 0. The predicted molar refractivity (Wildman–Crippen MR) is 89.8 cm³/mol. The topological polar surface area (TPSA) is 63.7 Å². The number of anilines is 1. The minimum atomic E-state index is -0.0317. The van der Waals surface area contributed by atoms with E-state index < -0.39 is 0 Å². The highest BCUT2D eigenvalue weighted by atomic mass is 32.1. The molecule has 128 valence electrons. The van der Waals surface area contributed by atoms with Crippen LogP contribution in [-0.2, 0) is 27.2 Å². The number of thiazole rings is 1. The Hall–Kier alpha value is -1.02. The van der Waals surface area contributed by atoms with Crippen molar-refractivity contribution < 1.29 is 14.3 Å². The van der Waals surface area contributed by atoms with Crippen molar-refractivity contribution in [2.75, 3.05) is 38.2 Å². The van der Waals surface area contributed by atoms with Gasteiger partial charge in [-0.1, -0.05) is 6.92 Å². The molecule has 0 aliphatic carbocycles. The van der Waals surface area contributed by atoms with Gasteiger partial charge in [-0.3, -0.25) is 9.69 Å². The largest absolute Gasteiger partial charge is 0.378 e. The molecule has 7 heteroatoms. The van der Waals surface area contributed by atoms with Gasteiger partial charge in [0.2, 0.25) is 5.91 Å². The first-order chi connectivity index (χ1) is 11.2. The molecule has 0 aromatic carbocycles. The number of ether oxygens (including phenoxy) is 2. The zero-order valence-electron chi connectivity index (χ0n) is 13.7. The van der Waals surface area contributed by atoms with Crippen molar-refractivity contribution in [3.8, 4) is 0 Å². The summed E-state index contributed by atoms with van der Waals surface area (Å²) >= 11 is 1.60. The van der Waals surface area contributed by atoms with Crippen LogP contribution in [0.25, 0.3) is 0 Å². The molecule has 1 N–H and O–H groups in total. The Labute approximate surface area is 141 Å². The number of carbonyl (C=O) groups is 1. The summed E-state index contributed by atoms with van der Waals surface area (Å²) in [5.74, 6) is -0.0317. The fraction of sp³-hybridized carbons (Fsp3) is 0.750. The van der Waals surface area contributed by atoms with E-state index in [1.54, 1.807) is 11.3 Å². The van der Waals surface area contributed by atoms with Gasteiger partial charge in [-0.15, -0.1) is 11.3 Å². The molecular formula is C16H25N3O3S. The molecule has 1 aromatic heterocycles. The standard InChI is InChI=1S/C16H25N3O3S/c1-2-19-7-5-13-14(10-19)23-16(17-13)18-15(20)6-9-21-11-12-4-3-8-22-12/h12H,2-11H2,1H3,(H,17,18,20). The predicted octanol–water partition coefficient (Wildman–Crippen LogP) is 2.05. The third-order valence-electron chi connectivity index (χ3n) is 4.31. The van der Waals surface area contributed by atoms with Gasteiger partial charge in [-0.25, -0.2) is 4.98 Å². The monoisotopic (exact) mass is 339 g/mol. The van der Waals surface area contributed by atoms with Gasteiger partial charge < -0.3 is 14.8 Å². The fourth-order valence-electron chi connectivity index (χ4n) is 2.91. The summed E-state index contributed by atoms with van der Waals surface area (Å²) in [5.41, 5.74) is 1.14. The van der Waals surface area contributed by atoms with Gasteiger partial charge in [0.05, 0.1) is 31.4 Å². The Kier molecular flexibility index (Phi) is 5.99. The van der Waals surface area contributed by atoms with Gasteiger partial charge in [0.25, 0.3) is 0 Å². The summed E-state index contributed by atoms with van der Waals surface area (Å²) in [5, 5.41) is 3.62. The van der Waals surface area contributed by atoms with Crippen molar-refractivity contribution in [1.29, 1.82) is 0 Å². The van der Waals surface area contributed by atoms with E-state index in [9.17, 15) is 4.79 Å². The Balaban J connectivity index is 1.39. The number of amides is 1. The Morgan fingerprint density at radius 2 is 2.48 bits per heavy atom. The highest BCUT2D eigenvalue weighted by molar-refractivity contribution is 7.15. The number of nitrogens with zero attached hydrogens (tertiary/aromatic N) is 2. The van der Waals surface area contributed by atoms with E-state index in [1.165, 1.54) is 4.88 Å². The van der Waals surface area contributed by atoms with Crippen LogP contribution >= 0.6 is 11.3 Å². The molecule has 1 unspecified atom stereocenters. The van der Waals surface area contributed by atoms with E-state index in [2.05, 4.69) is 22.1 Å². The van der Waals surface area contributed by atoms with Crippen LogP contribution in [0.3, 0.4) is 0 Å². The maximum absolute atomic E-state index is 12.0. The van der Waals surface area contributed by atoms with Crippen molar-refractivity contribution in [2.24, 2.45) is 0 Å². The van der Waals surface area contributed by atoms with Crippen LogP contribution in [0, 0.1) is 0 Å². The second kappa shape index (κ2) is 8.19. The fourth-order valence-corrected chi connectivity index (χ4v) is 3.98. The number of aromatic nitrogens is 1. The molecule has 1 aromatic rings. The third-order valence-corrected chi connectivity index (χ3v) is 5.30. The molecule has 1 amide bonds. The summed E-state index contributed by atoms with van der Waals surface area (Å²) in [6.45, 7) is 7.08. The van der Waals surface area contributed by atoms with Crippen LogP contribution in [0.2, 0.25) is 0 Å². The van der Waals surface area contributed by atoms with Crippen LogP contribution in [0.15, 0.2) is 0 Å². The zero-order valence-corrected chi connectivity index (χ0v) is 14.5. The molecule has 0 radical (unpaired) electrons. The first-order valence-corrected chi connectivity index (χ1v) is 9.26. The Morgan fingerprint density at radius 3 is 3.26 bits per heavy atom. The van der Waals surface area contributed by atoms with Crippen molar-refractivity contribution >= 4 is 22.4 Å². The number of carbonyl (C=O) groups excluding carboxylic acids is 1. The third kappa shape index (κ3) is 4.73. The molecule has 2 aliphatic rings. The number of nitrogens with one attached hydrogen (secondary N) is 1. The van der Waals surface area contributed by atoms with Gasteiger partial charge >= 0.3 is 0 Å². The lowest BCUT2D eigenvalue weighted by Crippen LogP contribution is -2.29. The number of hydrogen-bond acceptors (Lipinski definition) is 6. The van der Waals surface area contributed by atoms with E-state index >= 15 is 0 Å². The van der Waals surface area contributed by atoms with E-state index in [4.69, 9.17) is 9.47 Å². The van der Waals surface area contributed by atoms with Crippen LogP contribution < -0.4 is 5.32 Å². The van der Waals surface area contributed by atoms with Crippen LogP contribution in [0.1, 0.15) is 36.8 Å². The van der Waals surface area contributed by atoms with Gasteiger partial charge in [-0.2, -0.15) is 0 Å². The van der Waals surface area contributed by atoms with Crippen LogP contribution in [0.5, 0.6) is 0 Å². The van der Waals surface area contributed by atoms with Crippen molar-refractivity contribution in [3.63, 3.8) is 0 Å². The first kappa shape index (κ1) is 16.8. The summed E-state index contributed by atoms with van der Waals surface area (Å²) in [4.78, 5) is 20.2. The minimum absolute atomic E-state index is 0.0317. The maximum Gasteiger partial charge on any atom is 0.228 e. The van der Waals surface area contributed by atoms with Crippen molar-refractivity contribution in [2.45, 2.75) is 45.3 Å².